The molecule has 0 aliphatic carbocycles. The van der Waals surface area contributed by atoms with Crippen molar-refractivity contribution in [2.24, 2.45) is 0 Å². The molecule has 0 aliphatic heterocycles. The second kappa shape index (κ2) is 6.49. The van der Waals surface area contributed by atoms with Gasteiger partial charge >= 0.3 is 0 Å². The second-order valence-electron chi connectivity index (χ2n) is 4.71. The van der Waals surface area contributed by atoms with Gasteiger partial charge in [0.2, 0.25) is 0 Å². The van der Waals surface area contributed by atoms with E-state index < -0.39 is 0 Å². The molecule has 0 spiro atoms. The van der Waals surface area contributed by atoms with Gasteiger partial charge in [-0.1, -0.05) is 42.5 Å². The van der Waals surface area contributed by atoms with Gasteiger partial charge in [0.1, 0.15) is 10.7 Å². The van der Waals surface area contributed by atoms with Gasteiger partial charge in [-0.3, -0.25) is 4.79 Å². The van der Waals surface area contributed by atoms with Crippen LogP contribution in [0.25, 0.3) is 11.3 Å². The van der Waals surface area contributed by atoms with E-state index in [1.54, 1.807) is 17.6 Å². The van der Waals surface area contributed by atoms with Crippen LogP contribution in [0.4, 0.5) is 4.39 Å². The van der Waals surface area contributed by atoms with Crippen molar-refractivity contribution in [2.75, 3.05) is 0 Å². The minimum Gasteiger partial charge on any atom is -0.347 e. The molecule has 3 aromatic rings. The smallest absolute Gasteiger partial charge is 0.263 e. The summed E-state index contributed by atoms with van der Waals surface area (Å²) in [4.78, 5) is 17.2. The summed E-state index contributed by atoms with van der Waals surface area (Å²) in [7, 11) is 0. The molecule has 3 nitrogen and oxygen atoms in total. The van der Waals surface area contributed by atoms with Gasteiger partial charge in [-0.2, -0.15) is 0 Å². The van der Waals surface area contributed by atoms with Gasteiger partial charge < -0.3 is 5.32 Å². The van der Waals surface area contributed by atoms with Crippen LogP contribution < -0.4 is 5.32 Å². The predicted octanol–water partition coefficient (Wildman–Crippen LogP) is 3.88. The number of rotatable bonds is 4. The first-order valence-corrected chi connectivity index (χ1v) is 7.63. The molecule has 0 atom stereocenters. The maximum atomic E-state index is 12.9. The lowest BCUT2D eigenvalue weighted by Gasteiger charge is -2.06. The minimum absolute atomic E-state index is 0.175. The van der Waals surface area contributed by atoms with Crippen LogP contribution >= 0.6 is 11.3 Å². The molecule has 0 radical (unpaired) electrons. The summed E-state index contributed by atoms with van der Waals surface area (Å²) in [6.07, 6.45) is 0. The van der Waals surface area contributed by atoms with Gasteiger partial charge in [-0.25, -0.2) is 9.37 Å². The summed E-state index contributed by atoms with van der Waals surface area (Å²) in [5.41, 5.74) is 4.10. The molecule has 1 heterocycles. The van der Waals surface area contributed by atoms with E-state index in [2.05, 4.69) is 10.3 Å². The molecule has 0 aliphatic rings. The van der Waals surface area contributed by atoms with Crippen molar-refractivity contribution in [3.05, 3.63) is 76.4 Å². The van der Waals surface area contributed by atoms with Crippen LogP contribution in [-0.2, 0) is 6.54 Å². The zero-order valence-electron chi connectivity index (χ0n) is 11.6. The zero-order valence-corrected chi connectivity index (χ0v) is 12.4. The van der Waals surface area contributed by atoms with Crippen molar-refractivity contribution >= 4 is 17.2 Å². The summed E-state index contributed by atoms with van der Waals surface area (Å²) in [6.45, 7) is 0.352. The average Bonchev–Trinajstić information content (AvgIpc) is 3.04. The van der Waals surface area contributed by atoms with Crippen molar-refractivity contribution in [1.82, 2.24) is 10.3 Å². The topological polar surface area (TPSA) is 42.0 Å². The van der Waals surface area contributed by atoms with Crippen molar-refractivity contribution in [1.29, 1.82) is 0 Å². The number of hydrogen-bond acceptors (Lipinski definition) is 3. The molecule has 1 amide bonds. The molecule has 1 N–H and O–H groups in total. The molecule has 5 heteroatoms. The highest BCUT2D eigenvalue weighted by Crippen LogP contribution is 2.25. The highest BCUT2D eigenvalue weighted by Gasteiger charge is 2.15. The normalized spacial score (nSPS) is 10.4. The molecule has 2 aromatic carbocycles. The Hall–Kier alpha value is -2.53. The molecule has 0 saturated carbocycles. The quantitative estimate of drug-likeness (QED) is 0.794. The van der Waals surface area contributed by atoms with E-state index in [9.17, 15) is 9.18 Å². The van der Waals surface area contributed by atoms with Crippen molar-refractivity contribution in [2.45, 2.75) is 6.54 Å². The molecule has 0 saturated heterocycles. The average molecular weight is 312 g/mol. The third-order valence-corrected chi connectivity index (χ3v) is 4.01. The van der Waals surface area contributed by atoms with Crippen LogP contribution in [-0.4, -0.2) is 10.9 Å². The van der Waals surface area contributed by atoms with Crippen molar-refractivity contribution in [3.63, 3.8) is 0 Å². The predicted molar refractivity (Wildman–Crippen MR) is 85.1 cm³/mol. The molecule has 0 bridgehead atoms. The highest BCUT2D eigenvalue weighted by molar-refractivity contribution is 7.12. The Morgan fingerprint density at radius 3 is 2.55 bits per heavy atom. The van der Waals surface area contributed by atoms with Crippen molar-refractivity contribution < 1.29 is 9.18 Å². The summed E-state index contributed by atoms with van der Waals surface area (Å²) in [5.74, 6) is -0.463. The third-order valence-electron chi connectivity index (χ3n) is 3.19. The Bertz CT molecular complexity index is 769. The number of aromatic nitrogens is 1. The van der Waals surface area contributed by atoms with Crippen LogP contribution in [0.15, 0.2) is 60.1 Å². The van der Waals surface area contributed by atoms with Gasteiger partial charge in [0, 0.05) is 12.1 Å². The molecule has 1 aromatic heterocycles. The van der Waals surface area contributed by atoms with Crippen LogP contribution in [0.1, 0.15) is 15.2 Å². The molecule has 0 fully saturated rings. The minimum atomic E-state index is -0.288. The number of thiazole rings is 1. The Kier molecular flexibility index (Phi) is 4.25. The Labute approximate surface area is 131 Å². The van der Waals surface area contributed by atoms with Crippen LogP contribution in [0.5, 0.6) is 0 Å². The van der Waals surface area contributed by atoms with Gasteiger partial charge in [0.05, 0.1) is 11.2 Å². The summed E-state index contributed by atoms with van der Waals surface area (Å²) < 4.78 is 12.9. The number of benzene rings is 2. The Balaban J connectivity index is 1.73. The number of amides is 1. The van der Waals surface area contributed by atoms with E-state index in [1.807, 2.05) is 30.3 Å². The molecule has 0 unspecified atom stereocenters. The fraction of sp³-hybridized carbons (Fsp3) is 0.0588. The number of nitrogens with one attached hydrogen (secondary N) is 1. The highest BCUT2D eigenvalue weighted by atomic mass is 32.1. The number of carbonyl (C=O) groups is 1. The maximum absolute atomic E-state index is 12.9. The van der Waals surface area contributed by atoms with Gasteiger partial charge in [-0.05, 0) is 17.7 Å². The first kappa shape index (κ1) is 14.4. The number of carbonyl (C=O) groups excluding carboxylic acids is 1. The van der Waals surface area contributed by atoms with E-state index in [0.717, 1.165) is 11.1 Å². The SMILES string of the molecule is O=C(NCc1ccc(F)cc1)c1scnc1-c1ccccc1. The van der Waals surface area contributed by atoms with Gasteiger partial charge in [-0.15, -0.1) is 11.3 Å². The van der Waals surface area contributed by atoms with Crippen LogP contribution in [0.3, 0.4) is 0 Å². The lowest BCUT2D eigenvalue weighted by atomic mass is 10.1. The van der Waals surface area contributed by atoms with Gasteiger partial charge in [0.15, 0.2) is 0 Å². The molecule has 22 heavy (non-hydrogen) atoms. The standard InChI is InChI=1S/C17H13FN2OS/c18-14-8-6-12(7-9-14)10-19-17(21)16-15(20-11-22-16)13-4-2-1-3-5-13/h1-9,11H,10H2,(H,19,21). The third kappa shape index (κ3) is 3.20. The molecule has 3 rings (SSSR count). The van der Waals surface area contributed by atoms with E-state index >= 15 is 0 Å². The van der Waals surface area contributed by atoms with Gasteiger partial charge in [0.25, 0.3) is 5.91 Å². The largest absolute Gasteiger partial charge is 0.347 e. The Morgan fingerprint density at radius 1 is 1.09 bits per heavy atom. The monoisotopic (exact) mass is 312 g/mol. The van der Waals surface area contributed by atoms with Crippen molar-refractivity contribution in [3.8, 4) is 11.3 Å². The van der Waals surface area contributed by atoms with Crippen LogP contribution in [0.2, 0.25) is 0 Å². The number of nitrogens with zero attached hydrogens (tertiary/aromatic N) is 1. The first-order chi connectivity index (χ1) is 10.7. The lowest BCUT2D eigenvalue weighted by Crippen LogP contribution is -2.22. The molecule has 110 valence electrons. The zero-order chi connectivity index (χ0) is 15.4. The fourth-order valence-corrected chi connectivity index (χ4v) is 2.80. The summed E-state index contributed by atoms with van der Waals surface area (Å²) in [5, 5.41) is 2.84. The lowest BCUT2D eigenvalue weighted by molar-refractivity contribution is 0.0955. The van der Waals surface area contributed by atoms with E-state index in [1.165, 1.54) is 23.5 Å². The number of hydrogen-bond donors (Lipinski definition) is 1. The first-order valence-electron chi connectivity index (χ1n) is 6.75. The maximum Gasteiger partial charge on any atom is 0.263 e. The second-order valence-corrected chi connectivity index (χ2v) is 5.56. The number of halogens is 1. The van der Waals surface area contributed by atoms with E-state index in [-0.39, 0.29) is 11.7 Å². The van der Waals surface area contributed by atoms with E-state index in [0.29, 0.717) is 17.1 Å². The molecular formula is C17H13FN2OS. The van der Waals surface area contributed by atoms with E-state index in [4.69, 9.17) is 0 Å². The summed E-state index contributed by atoms with van der Waals surface area (Å²) in [6, 6.07) is 15.7. The molecular weight excluding hydrogens is 299 g/mol. The summed E-state index contributed by atoms with van der Waals surface area (Å²) >= 11 is 1.31. The Morgan fingerprint density at radius 2 is 1.82 bits per heavy atom. The fourth-order valence-electron chi connectivity index (χ4n) is 2.07. The van der Waals surface area contributed by atoms with Crippen LogP contribution in [0, 0.1) is 5.82 Å².